The van der Waals surface area contributed by atoms with Gasteiger partial charge in [-0.05, 0) is 17.9 Å². The summed E-state index contributed by atoms with van der Waals surface area (Å²) < 4.78 is 10.3. The zero-order valence-electron chi connectivity index (χ0n) is 2.09. The molecule has 0 aliphatic rings. The monoisotopic (exact) mass is 80.0 g/mol. The molecule has 0 saturated carbocycles. The lowest BCUT2D eigenvalue weighted by Gasteiger charge is -1.45. The standard InChI is InChI=1S/C2H5F.H4Si/c1-2-3;/h2H2,1H3;1H4. The van der Waals surface area contributed by atoms with Gasteiger partial charge in [-0.2, -0.15) is 0 Å². The second-order valence-electron chi connectivity index (χ2n) is 0.267. The zero-order valence-corrected chi connectivity index (χ0v) is 2.09. The Morgan fingerprint density at radius 2 is 1.75 bits per heavy atom. The maximum atomic E-state index is 10.3. The number of hydrogen-bond acceptors (Lipinski definition) is 0. The number of alkyl halides is 1. The van der Waals surface area contributed by atoms with Crippen molar-refractivity contribution in [2.24, 2.45) is 0 Å². The predicted octanol–water partition coefficient (Wildman–Crippen LogP) is -0.476. The normalized spacial score (nSPS) is 4.50. The van der Waals surface area contributed by atoms with Crippen LogP contribution in [0.5, 0.6) is 0 Å². The fraction of sp³-hybridized carbons (Fsp3) is 1.00. The highest BCUT2D eigenvalue weighted by Crippen LogP contribution is 1.48. The first kappa shape index (κ1) is 8.91. The van der Waals surface area contributed by atoms with Gasteiger partial charge < -0.3 is 0 Å². The Morgan fingerprint density at radius 3 is 1.75 bits per heavy atom. The highest BCUT2D eigenvalue weighted by Gasteiger charge is 1.39. The lowest BCUT2D eigenvalue weighted by molar-refractivity contribution is 0.527. The van der Waals surface area contributed by atoms with Crippen LogP contribution in [-0.2, 0) is 0 Å². The maximum absolute atomic E-state index is 10.3. The van der Waals surface area contributed by atoms with Crippen LogP contribution < -0.4 is 0 Å². The number of halogens is 1. The minimum absolute atomic E-state index is 0. The highest BCUT2D eigenvalue weighted by molar-refractivity contribution is 5.75. The van der Waals surface area contributed by atoms with Crippen molar-refractivity contribution in [3.8, 4) is 0 Å². The molecule has 0 radical (unpaired) electrons. The van der Waals surface area contributed by atoms with Gasteiger partial charge in [0.25, 0.3) is 0 Å². The smallest absolute Gasteiger partial charge is 0.0866 e. The van der Waals surface area contributed by atoms with Crippen LogP contribution >= 0.6 is 0 Å². The lowest BCUT2D eigenvalue weighted by atomic mass is 10.9. The van der Waals surface area contributed by atoms with E-state index in [1.54, 1.807) is 0 Å². The van der Waals surface area contributed by atoms with Crippen LogP contribution in [0.1, 0.15) is 6.92 Å². The first-order valence-electron chi connectivity index (χ1n) is 0.974. The summed E-state index contributed by atoms with van der Waals surface area (Å²) in [4.78, 5) is 0. The van der Waals surface area contributed by atoms with Gasteiger partial charge in [-0.3, -0.25) is 4.39 Å². The summed E-state index contributed by atoms with van der Waals surface area (Å²) in [5.41, 5.74) is 0. The van der Waals surface area contributed by atoms with E-state index in [-0.39, 0.29) is 17.6 Å². The van der Waals surface area contributed by atoms with Crippen LogP contribution in [0.4, 0.5) is 4.39 Å². The van der Waals surface area contributed by atoms with Crippen LogP contribution in [0.3, 0.4) is 0 Å². The first-order chi connectivity index (χ1) is 1.41. The Kier molecular flexibility index (Phi) is 24.6. The van der Waals surface area contributed by atoms with Crippen molar-refractivity contribution in [3.63, 3.8) is 0 Å². The van der Waals surface area contributed by atoms with Gasteiger partial charge in [0.1, 0.15) is 0 Å². The van der Waals surface area contributed by atoms with Gasteiger partial charge in [0, 0.05) is 0 Å². The quantitative estimate of drug-likeness (QED) is 0.345. The molecule has 0 aromatic rings. The van der Waals surface area contributed by atoms with E-state index in [2.05, 4.69) is 0 Å². The third-order valence-electron chi connectivity index (χ3n) is 0. The van der Waals surface area contributed by atoms with Crippen molar-refractivity contribution in [3.05, 3.63) is 0 Å². The van der Waals surface area contributed by atoms with E-state index in [0.29, 0.717) is 0 Å². The van der Waals surface area contributed by atoms with Gasteiger partial charge in [0.2, 0.25) is 0 Å². The highest BCUT2D eigenvalue weighted by atomic mass is 28.1. The third kappa shape index (κ3) is 131. The van der Waals surface area contributed by atoms with E-state index < -0.39 is 0 Å². The van der Waals surface area contributed by atoms with Crippen LogP contribution in [0.2, 0.25) is 0 Å². The molecule has 0 aromatic heterocycles. The molecule has 0 saturated heterocycles. The van der Waals surface area contributed by atoms with Crippen molar-refractivity contribution in [2.45, 2.75) is 6.92 Å². The first-order valence-corrected chi connectivity index (χ1v) is 0.974. The van der Waals surface area contributed by atoms with E-state index in [1.807, 2.05) is 0 Å². The van der Waals surface area contributed by atoms with E-state index >= 15 is 0 Å². The molecule has 4 heavy (non-hydrogen) atoms. The summed E-state index contributed by atoms with van der Waals surface area (Å²) in [6, 6.07) is 0. The Hall–Kier alpha value is 0.147. The zero-order chi connectivity index (χ0) is 2.71. The van der Waals surface area contributed by atoms with Gasteiger partial charge in [0.05, 0.1) is 6.67 Å². The summed E-state index contributed by atoms with van der Waals surface area (Å²) in [6.45, 7) is 1.21. The summed E-state index contributed by atoms with van der Waals surface area (Å²) in [5, 5.41) is 0. The number of rotatable bonds is 0. The van der Waals surface area contributed by atoms with E-state index in [4.69, 9.17) is 0 Å². The summed E-state index contributed by atoms with van der Waals surface area (Å²) in [6.07, 6.45) is 0. The van der Waals surface area contributed by atoms with E-state index in [1.165, 1.54) is 6.92 Å². The molecule has 2 heteroatoms. The molecule has 28 valence electrons. The van der Waals surface area contributed by atoms with Crippen molar-refractivity contribution < 1.29 is 4.39 Å². The predicted molar refractivity (Wildman–Crippen MR) is 23.0 cm³/mol. The molecule has 0 amide bonds. The van der Waals surface area contributed by atoms with Crippen LogP contribution in [0.25, 0.3) is 0 Å². The van der Waals surface area contributed by atoms with Crippen molar-refractivity contribution in [1.29, 1.82) is 0 Å². The topological polar surface area (TPSA) is 0 Å². The van der Waals surface area contributed by atoms with Crippen LogP contribution in [-0.4, -0.2) is 17.6 Å². The summed E-state index contributed by atoms with van der Waals surface area (Å²) in [5.74, 6) is 0. The maximum Gasteiger partial charge on any atom is 0.0866 e. The molecule has 0 unspecified atom stereocenters. The molecule has 0 spiro atoms. The third-order valence-corrected chi connectivity index (χ3v) is 0. The largest absolute Gasteiger partial charge is 0.251 e. The molecule has 0 heterocycles. The van der Waals surface area contributed by atoms with Crippen molar-refractivity contribution >= 4 is 11.0 Å². The molecular formula is C2H9FSi. The van der Waals surface area contributed by atoms with E-state index in [0.717, 1.165) is 0 Å². The van der Waals surface area contributed by atoms with Crippen molar-refractivity contribution in [2.75, 3.05) is 6.67 Å². The lowest BCUT2D eigenvalue weighted by Crippen LogP contribution is -1.40. The van der Waals surface area contributed by atoms with Crippen molar-refractivity contribution in [1.82, 2.24) is 0 Å². The molecule has 0 aliphatic carbocycles. The Morgan fingerprint density at radius 1 is 1.75 bits per heavy atom. The average molecular weight is 80.2 g/mol. The average Bonchev–Trinajstić information content (AvgIpc) is 0.918. The minimum atomic E-state index is -0.250. The SMILES string of the molecule is CCF.[SiH4]. The van der Waals surface area contributed by atoms with Gasteiger partial charge >= 0.3 is 0 Å². The molecule has 0 rings (SSSR count). The summed E-state index contributed by atoms with van der Waals surface area (Å²) in [7, 11) is 0. The minimum Gasteiger partial charge on any atom is -0.251 e. The number of hydrogen-bond donors (Lipinski definition) is 0. The van der Waals surface area contributed by atoms with Crippen LogP contribution in [0.15, 0.2) is 0 Å². The molecule has 0 aromatic carbocycles. The van der Waals surface area contributed by atoms with E-state index in [9.17, 15) is 4.39 Å². The molecule has 0 atom stereocenters. The summed E-state index contributed by atoms with van der Waals surface area (Å²) >= 11 is 0. The van der Waals surface area contributed by atoms with Gasteiger partial charge in [-0.25, -0.2) is 0 Å². The molecule has 0 fully saturated rings. The Balaban J connectivity index is 0. The second kappa shape index (κ2) is 11.0. The Labute approximate surface area is 30.0 Å². The fourth-order valence-corrected chi connectivity index (χ4v) is 0. The van der Waals surface area contributed by atoms with Gasteiger partial charge in [-0.15, -0.1) is 0 Å². The fourth-order valence-electron chi connectivity index (χ4n) is 0. The molecule has 0 aliphatic heterocycles. The Bertz CT molecular complexity index is 6.00. The van der Waals surface area contributed by atoms with Gasteiger partial charge in [0.15, 0.2) is 0 Å². The molecule has 0 bridgehead atoms. The second-order valence-corrected chi connectivity index (χ2v) is 0.267. The van der Waals surface area contributed by atoms with Crippen LogP contribution in [0, 0.1) is 0 Å². The van der Waals surface area contributed by atoms with Gasteiger partial charge in [-0.1, -0.05) is 0 Å². The molecular weight excluding hydrogens is 71.1 g/mol. The molecule has 0 N–H and O–H groups in total. The molecule has 0 nitrogen and oxygen atoms in total.